The lowest BCUT2D eigenvalue weighted by Gasteiger charge is -2.28. The van der Waals surface area contributed by atoms with Crippen molar-refractivity contribution in [3.63, 3.8) is 0 Å². The van der Waals surface area contributed by atoms with Crippen molar-refractivity contribution in [3.05, 3.63) is 52.3 Å². The smallest absolute Gasteiger partial charge is 0.271 e. The molecule has 3 rings (SSSR count). The van der Waals surface area contributed by atoms with Gasteiger partial charge in [-0.2, -0.15) is 5.10 Å². The Bertz CT molecular complexity index is 722. The Balaban J connectivity index is 1.70. The van der Waals surface area contributed by atoms with Gasteiger partial charge in [0, 0.05) is 17.3 Å². The van der Waals surface area contributed by atoms with Gasteiger partial charge >= 0.3 is 0 Å². The van der Waals surface area contributed by atoms with Crippen molar-refractivity contribution >= 4 is 17.5 Å². The second-order valence-corrected chi connectivity index (χ2v) is 7.32. The molecule has 1 saturated heterocycles. The van der Waals surface area contributed by atoms with Crippen LogP contribution in [-0.2, 0) is 0 Å². The van der Waals surface area contributed by atoms with E-state index in [9.17, 15) is 4.79 Å². The van der Waals surface area contributed by atoms with Crippen LogP contribution in [0, 0.1) is 0 Å². The fourth-order valence-corrected chi connectivity index (χ4v) is 3.45. The number of aromatic amines is 1. The Labute approximate surface area is 153 Å². The molecule has 1 aliphatic rings. The zero-order chi connectivity index (χ0) is 17.8. The molecule has 0 spiro atoms. The molecule has 1 amide bonds. The van der Waals surface area contributed by atoms with Gasteiger partial charge in [-0.1, -0.05) is 37.6 Å². The van der Waals surface area contributed by atoms with E-state index in [0.29, 0.717) is 18.2 Å². The van der Waals surface area contributed by atoms with Crippen molar-refractivity contribution in [2.75, 3.05) is 19.6 Å². The van der Waals surface area contributed by atoms with Gasteiger partial charge in [-0.05, 0) is 55.6 Å². The summed E-state index contributed by atoms with van der Waals surface area (Å²) in [7, 11) is 0. The molecule has 1 fully saturated rings. The van der Waals surface area contributed by atoms with E-state index < -0.39 is 0 Å². The predicted molar refractivity (Wildman–Crippen MR) is 100 cm³/mol. The lowest BCUT2D eigenvalue weighted by Crippen LogP contribution is -2.37. The molecular weight excluding hydrogens is 336 g/mol. The first-order chi connectivity index (χ1) is 12.0. The minimum atomic E-state index is -0.144. The van der Waals surface area contributed by atoms with E-state index in [2.05, 4.69) is 40.3 Å². The molecule has 1 atom stereocenters. The number of carbonyl (C=O) groups excluding carboxylic acids is 1. The van der Waals surface area contributed by atoms with E-state index in [1.165, 1.54) is 12.8 Å². The number of amides is 1. The first kappa shape index (κ1) is 18.0. The zero-order valence-corrected chi connectivity index (χ0v) is 15.5. The summed E-state index contributed by atoms with van der Waals surface area (Å²) in [6, 6.07) is 9.86. The molecule has 1 aromatic carbocycles. The highest BCUT2D eigenvalue weighted by Gasteiger charge is 2.24. The van der Waals surface area contributed by atoms with Crippen molar-refractivity contribution < 1.29 is 4.79 Å². The van der Waals surface area contributed by atoms with E-state index >= 15 is 0 Å². The molecule has 1 aliphatic heterocycles. The third kappa shape index (κ3) is 4.41. The van der Waals surface area contributed by atoms with Crippen molar-refractivity contribution in [2.24, 2.45) is 0 Å². The maximum Gasteiger partial charge on any atom is 0.271 e. The van der Waals surface area contributed by atoms with Crippen molar-refractivity contribution in [1.82, 2.24) is 20.4 Å². The summed E-state index contributed by atoms with van der Waals surface area (Å²) >= 11 is 6.17. The molecule has 5 nitrogen and oxygen atoms in total. The highest BCUT2D eigenvalue weighted by atomic mass is 35.5. The highest BCUT2D eigenvalue weighted by Crippen LogP contribution is 2.26. The number of rotatable bonds is 6. The van der Waals surface area contributed by atoms with Crippen LogP contribution in [0.15, 0.2) is 30.3 Å². The van der Waals surface area contributed by atoms with Crippen LogP contribution >= 0.6 is 11.6 Å². The quantitative estimate of drug-likeness (QED) is 0.824. The molecule has 2 heterocycles. The third-order valence-electron chi connectivity index (χ3n) is 4.72. The molecular formula is C19H25ClN4O. The van der Waals surface area contributed by atoms with Crippen LogP contribution in [0.3, 0.4) is 0 Å². The number of halogens is 1. The van der Waals surface area contributed by atoms with Gasteiger partial charge in [-0.3, -0.25) is 14.8 Å². The van der Waals surface area contributed by atoms with Gasteiger partial charge in [0.15, 0.2) is 0 Å². The van der Waals surface area contributed by atoms with Gasteiger partial charge in [0.2, 0.25) is 0 Å². The molecule has 134 valence electrons. The standard InChI is InChI=1S/C19H25ClN4O/c1-13(2)16-11-17(23-22-16)19(25)21-12-18(24-8-3-4-9-24)14-6-5-7-15(20)10-14/h5-7,10-11,13,18H,3-4,8-9,12H2,1-2H3,(H,21,25)(H,22,23). The highest BCUT2D eigenvalue weighted by molar-refractivity contribution is 6.30. The van der Waals surface area contributed by atoms with Gasteiger partial charge in [0.1, 0.15) is 5.69 Å². The lowest BCUT2D eigenvalue weighted by atomic mass is 10.1. The van der Waals surface area contributed by atoms with Gasteiger partial charge in [-0.15, -0.1) is 0 Å². The number of benzene rings is 1. The van der Waals surface area contributed by atoms with Crippen LogP contribution in [0.2, 0.25) is 5.02 Å². The summed E-state index contributed by atoms with van der Waals surface area (Å²) in [6.45, 7) is 6.78. The van der Waals surface area contributed by atoms with Gasteiger partial charge in [-0.25, -0.2) is 0 Å². The van der Waals surface area contributed by atoms with Crippen LogP contribution in [-0.4, -0.2) is 40.6 Å². The maximum absolute atomic E-state index is 12.5. The van der Waals surface area contributed by atoms with Crippen molar-refractivity contribution in [1.29, 1.82) is 0 Å². The second-order valence-electron chi connectivity index (χ2n) is 6.89. The van der Waals surface area contributed by atoms with E-state index in [1.54, 1.807) is 0 Å². The maximum atomic E-state index is 12.5. The number of carbonyl (C=O) groups is 1. The van der Waals surface area contributed by atoms with E-state index in [1.807, 2.05) is 24.3 Å². The number of H-pyrrole nitrogens is 1. The molecule has 1 aromatic heterocycles. The topological polar surface area (TPSA) is 61.0 Å². The molecule has 2 N–H and O–H groups in total. The minimum Gasteiger partial charge on any atom is -0.349 e. The van der Waals surface area contributed by atoms with Crippen LogP contribution in [0.25, 0.3) is 0 Å². The summed E-state index contributed by atoms with van der Waals surface area (Å²) < 4.78 is 0. The summed E-state index contributed by atoms with van der Waals surface area (Å²) in [4.78, 5) is 14.9. The van der Waals surface area contributed by atoms with E-state index in [-0.39, 0.29) is 11.9 Å². The molecule has 0 saturated carbocycles. The van der Waals surface area contributed by atoms with Crippen LogP contribution in [0.4, 0.5) is 0 Å². The number of hydrogen-bond acceptors (Lipinski definition) is 3. The van der Waals surface area contributed by atoms with Crippen LogP contribution in [0.1, 0.15) is 60.4 Å². The third-order valence-corrected chi connectivity index (χ3v) is 4.96. The molecule has 1 unspecified atom stereocenters. The normalized spacial score (nSPS) is 16.3. The number of nitrogens with one attached hydrogen (secondary N) is 2. The fraction of sp³-hybridized carbons (Fsp3) is 0.474. The summed E-state index contributed by atoms with van der Waals surface area (Å²) in [5.74, 6) is 0.173. The Morgan fingerprint density at radius 3 is 2.72 bits per heavy atom. The van der Waals surface area contributed by atoms with Gasteiger partial charge < -0.3 is 5.32 Å². The SMILES string of the molecule is CC(C)c1cc(C(=O)NCC(c2cccc(Cl)c2)N2CCCC2)n[nH]1. The lowest BCUT2D eigenvalue weighted by molar-refractivity contribution is 0.0933. The average molecular weight is 361 g/mol. The first-order valence-electron chi connectivity index (χ1n) is 8.87. The Morgan fingerprint density at radius 2 is 2.08 bits per heavy atom. The number of aromatic nitrogens is 2. The molecule has 25 heavy (non-hydrogen) atoms. The monoisotopic (exact) mass is 360 g/mol. The summed E-state index contributed by atoms with van der Waals surface area (Å²) in [6.07, 6.45) is 2.39. The average Bonchev–Trinajstić information content (AvgIpc) is 3.27. The fourth-order valence-electron chi connectivity index (χ4n) is 3.25. The Hall–Kier alpha value is -1.85. The summed E-state index contributed by atoms with van der Waals surface area (Å²) in [5.41, 5.74) is 2.55. The molecule has 6 heteroatoms. The zero-order valence-electron chi connectivity index (χ0n) is 14.8. The Kier molecular flexibility index (Phi) is 5.76. The number of likely N-dealkylation sites (tertiary alicyclic amines) is 1. The van der Waals surface area contributed by atoms with Gasteiger partial charge in [0.25, 0.3) is 5.91 Å². The second kappa shape index (κ2) is 8.02. The largest absolute Gasteiger partial charge is 0.349 e. The molecule has 2 aromatic rings. The molecule has 0 aliphatic carbocycles. The van der Waals surface area contributed by atoms with Gasteiger partial charge in [0.05, 0.1) is 6.04 Å². The predicted octanol–water partition coefficient (Wildman–Crippen LogP) is 3.75. The van der Waals surface area contributed by atoms with Crippen molar-refractivity contribution in [2.45, 2.75) is 38.6 Å². The number of hydrogen-bond donors (Lipinski definition) is 2. The first-order valence-corrected chi connectivity index (χ1v) is 9.25. The van der Waals surface area contributed by atoms with Crippen LogP contribution in [0.5, 0.6) is 0 Å². The van der Waals surface area contributed by atoms with Crippen LogP contribution < -0.4 is 5.32 Å². The minimum absolute atomic E-state index is 0.133. The van der Waals surface area contributed by atoms with E-state index in [4.69, 9.17) is 11.6 Å². The summed E-state index contributed by atoms with van der Waals surface area (Å²) in [5, 5.41) is 10.8. The Morgan fingerprint density at radius 1 is 1.32 bits per heavy atom. The number of nitrogens with zero attached hydrogens (tertiary/aromatic N) is 2. The molecule has 0 radical (unpaired) electrons. The molecule has 0 bridgehead atoms. The van der Waals surface area contributed by atoms with Crippen molar-refractivity contribution in [3.8, 4) is 0 Å². The van der Waals surface area contributed by atoms with E-state index in [0.717, 1.165) is 29.4 Å².